The summed E-state index contributed by atoms with van der Waals surface area (Å²) in [6.07, 6.45) is 9.81. The molecule has 0 radical (unpaired) electrons. The van der Waals surface area contributed by atoms with E-state index in [0.29, 0.717) is 47.1 Å². The molecule has 2 fully saturated rings. The lowest BCUT2D eigenvalue weighted by Gasteiger charge is -2.31. The molecule has 2 aliphatic heterocycles. The minimum atomic E-state index is -1.78. The van der Waals surface area contributed by atoms with E-state index in [1.54, 1.807) is 64.4 Å². The largest absolute Gasteiger partial charge is 0.394 e. The molecule has 4 aromatic heterocycles. The van der Waals surface area contributed by atoms with Gasteiger partial charge in [-0.2, -0.15) is 0 Å². The van der Waals surface area contributed by atoms with Crippen LogP contribution in [0.1, 0.15) is 88.7 Å². The van der Waals surface area contributed by atoms with Crippen molar-refractivity contribution >= 4 is 86.8 Å². The van der Waals surface area contributed by atoms with Gasteiger partial charge in [-0.1, -0.05) is 36.4 Å². The number of guanidine groups is 1. The number of benzene rings is 2. The number of imidazole rings is 2. The van der Waals surface area contributed by atoms with Crippen molar-refractivity contribution in [1.82, 2.24) is 88.0 Å². The molecule has 9 atom stereocenters. The lowest BCUT2D eigenvalue weighted by molar-refractivity contribution is -0.142. The molecule has 8 rings (SSSR count). The van der Waals surface area contributed by atoms with Crippen molar-refractivity contribution < 1.29 is 57.8 Å². The van der Waals surface area contributed by atoms with Gasteiger partial charge in [-0.05, 0) is 83.1 Å². The van der Waals surface area contributed by atoms with Gasteiger partial charge in [0.1, 0.15) is 54.4 Å². The highest BCUT2D eigenvalue weighted by Gasteiger charge is 2.40. The number of hydrogen-bond donors (Lipinski definition) is 17. The second kappa shape index (κ2) is 32.2. The summed E-state index contributed by atoms with van der Waals surface area (Å²) >= 11 is 0. The first-order valence-electron chi connectivity index (χ1n) is 31.0. The molecule has 0 unspecified atom stereocenters. The number of para-hydroxylation sites is 2. The average Bonchev–Trinajstić information content (AvgIpc) is 1.77. The van der Waals surface area contributed by atoms with Crippen molar-refractivity contribution in [3.8, 4) is 0 Å². The van der Waals surface area contributed by atoms with Crippen LogP contribution in [0.2, 0.25) is 0 Å². The molecule has 2 saturated heterocycles. The zero-order valence-electron chi connectivity index (χ0n) is 52.2. The Balaban J connectivity index is 1.04. The van der Waals surface area contributed by atoms with Gasteiger partial charge in [0.05, 0.1) is 42.9 Å². The molecule has 6 heterocycles. The Morgan fingerprint density at radius 3 is 1.65 bits per heavy atom. The molecule has 2 aliphatic rings. The number of nitrogens with one attached hydrogen (secondary N) is 15. The van der Waals surface area contributed by atoms with E-state index in [-0.39, 0.29) is 87.9 Å². The van der Waals surface area contributed by atoms with Gasteiger partial charge in [-0.3, -0.25) is 53.4 Å². The van der Waals surface area contributed by atoms with Crippen LogP contribution in [0.15, 0.2) is 86.0 Å². The Labute approximate surface area is 535 Å². The van der Waals surface area contributed by atoms with Gasteiger partial charge in [0, 0.05) is 98.3 Å². The maximum atomic E-state index is 15.0. The smallest absolute Gasteiger partial charge is 0.245 e. The van der Waals surface area contributed by atoms with Crippen LogP contribution in [-0.2, 0) is 78.4 Å². The lowest BCUT2D eigenvalue weighted by atomic mass is 10.0. The van der Waals surface area contributed by atoms with Crippen molar-refractivity contribution in [3.63, 3.8) is 0 Å². The predicted molar refractivity (Wildman–Crippen MR) is 339 cm³/mol. The number of amides is 10. The summed E-state index contributed by atoms with van der Waals surface area (Å²) in [5.74, 6) is -7.66. The Bertz CT molecular complexity index is 3600. The molecule has 0 saturated carbocycles. The number of aromatic amines is 4. The first-order chi connectivity index (χ1) is 44.6. The number of likely N-dealkylation sites (tertiary alicyclic amines) is 1. The number of aliphatic hydroxyl groups is 1. The number of rotatable bonds is 32. The quantitative estimate of drug-likeness (QED) is 0.0126. The van der Waals surface area contributed by atoms with E-state index in [1.165, 1.54) is 29.9 Å². The maximum absolute atomic E-state index is 15.0. The molecule has 93 heavy (non-hydrogen) atoms. The van der Waals surface area contributed by atoms with E-state index >= 15 is 0 Å². The zero-order valence-corrected chi connectivity index (χ0v) is 52.2. The van der Waals surface area contributed by atoms with E-state index in [2.05, 4.69) is 83.1 Å². The van der Waals surface area contributed by atoms with E-state index in [1.807, 2.05) is 24.3 Å². The molecule has 0 aliphatic carbocycles. The van der Waals surface area contributed by atoms with E-state index < -0.39 is 120 Å². The summed E-state index contributed by atoms with van der Waals surface area (Å²) in [4.78, 5) is 163. The summed E-state index contributed by atoms with van der Waals surface area (Å²) in [6.45, 7) is 6.16. The molecule has 31 nitrogen and oxygen atoms in total. The summed E-state index contributed by atoms with van der Waals surface area (Å²) in [6, 6.07) is 2.36. The van der Waals surface area contributed by atoms with Crippen molar-refractivity contribution in [2.75, 3.05) is 32.8 Å². The third kappa shape index (κ3) is 19.2. The normalized spacial score (nSPS) is 17.0. The van der Waals surface area contributed by atoms with Crippen LogP contribution in [0.4, 0.5) is 0 Å². The molecule has 10 amide bonds. The number of fused-ring (bicyclic) bond motifs is 2. The number of carbonyl (C=O) groups excluding carboxylic acids is 10. The number of H-pyrrole nitrogens is 4. The van der Waals surface area contributed by atoms with E-state index in [0.717, 1.165) is 10.9 Å². The highest BCUT2D eigenvalue weighted by Crippen LogP contribution is 2.23. The van der Waals surface area contributed by atoms with Crippen LogP contribution >= 0.6 is 0 Å². The van der Waals surface area contributed by atoms with Crippen molar-refractivity contribution in [3.05, 3.63) is 108 Å². The number of aliphatic hydroxyl groups excluding tert-OH is 1. The van der Waals surface area contributed by atoms with Crippen LogP contribution in [-0.4, -0.2) is 198 Å². The summed E-state index contributed by atoms with van der Waals surface area (Å²) in [5, 5.41) is 46.9. The molecule has 0 bridgehead atoms. The fourth-order valence-corrected chi connectivity index (χ4v) is 11.1. The Morgan fingerprint density at radius 1 is 0.656 bits per heavy atom. The zero-order chi connectivity index (χ0) is 66.8. The SMILES string of the molecule is CCNC(=O)[C@@H]1CCCN1C(=O)[C@H](CCCNC(=N)N)NC(=O)[C@H](Cc1c[nH]c2ccccc12)NC(=O)[C@@H](COC(C)(C)C)NC(=O)[C@H](Cc1c[nH]cn1)NC(=O)[C@H](CO)NC(=O)[C@H](Cc1c[nH]c2ccccc12)NC(=O)[C@H](Cc1c[nH]cn1)NC(=O)[C@@H]1CCC(=O)N1. The number of carbonyl (C=O) groups is 10. The van der Waals surface area contributed by atoms with Crippen molar-refractivity contribution in [2.45, 2.75) is 152 Å². The molecule has 0 spiro atoms. The van der Waals surface area contributed by atoms with Crippen LogP contribution in [0, 0.1) is 5.41 Å². The van der Waals surface area contributed by atoms with E-state index in [4.69, 9.17) is 15.9 Å². The number of aromatic nitrogens is 6. The van der Waals surface area contributed by atoms with Gasteiger partial charge >= 0.3 is 0 Å². The van der Waals surface area contributed by atoms with Gasteiger partial charge in [-0.15, -0.1) is 0 Å². The maximum Gasteiger partial charge on any atom is 0.245 e. The van der Waals surface area contributed by atoms with Crippen LogP contribution in [0.5, 0.6) is 0 Å². The summed E-state index contributed by atoms with van der Waals surface area (Å²) < 4.78 is 6.10. The lowest BCUT2D eigenvalue weighted by Crippen LogP contribution is -2.62. The third-order valence-corrected chi connectivity index (χ3v) is 15.9. The molecule has 6 aromatic rings. The molecule has 18 N–H and O–H groups in total. The molecular weight excluding hydrogens is 1200 g/mol. The van der Waals surface area contributed by atoms with Crippen LogP contribution in [0.25, 0.3) is 21.8 Å². The summed E-state index contributed by atoms with van der Waals surface area (Å²) in [7, 11) is 0. The fourth-order valence-electron chi connectivity index (χ4n) is 11.1. The number of hydrogen-bond acceptors (Lipinski definition) is 15. The van der Waals surface area contributed by atoms with Crippen molar-refractivity contribution in [1.29, 1.82) is 5.41 Å². The predicted octanol–water partition coefficient (Wildman–Crippen LogP) is -1.76. The van der Waals surface area contributed by atoms with Gasteiger partial charge in [-0.25, -0.2) is 9.97 Å². The standard InChI is InChI=1S/C62H83N19O12/c1-5-67-59(91)50-17-11-21-81(50)60(92)43(16-10-20-68-61(63)64)74-53(85)44(22-34-26-69-40-14-8-6-12-38(34)40)76-58(90)49(31-93-62(2,3)4)80-56(88)47(25-37-29-66-33-72-37)78-57(89)48(30-82)79-54(86)45(23-35-27-70-41-15-9-7-13-39(35)41)75-55(87)46(24-36-28-65-32-71-36)77-52(84)42-18-19-51(83)73-42/h6-9,12-15,26-29,32-33,42-50,69-70,82H,5,10-11,16-25,30-31H2,1-4H3,(H,65,71)(H,66,72)(H,67,91)(H,73,83)(H,74,85)(H,75,87)(H,76,90)(H,77,84)(H,78,89)(H,79,86)(H,80,88)(H4,63,64,68)/t42-,43-,44-,45-,46-,47-,48-,49+,50-/m0/s1. The average molecular weight is 1290 g/mol. The minimum absolute atomic E-state index is 0.0417. The number of likely N-dealkylation sites (N-methyl/N-ethyl adjacent to an activating group) is 1. The van der Waals surface area contributed by atoms with Crippen LogP contribution < -0.4 is 58.9 Å². The highest BCUT2D eigenvalue weighted by molar-refractivity contribution is 6.00. The van der Waals surface area contributed by atoms with Gasteiger partial charge in [0.25, 0.3) is 0 Å². The second-order valence-corrected chi connectivity index (χ2v) is 23.9. The highest BCUT2D eigenvalue weighted by atomic mass is 16.5. The Hall–Kier alpha value is -10.2. The monoisotopic (exact) mass is 1290 g/mol. The Morgan fingerprint density at radius 2 is 1.15 bits per heavy atom. The fraction of sp³-hybridized carbons (Fsp3) is 0.468. The first kappa shape index (κ1) is 68.7. The molecule has 498 valence electrons. The minimum Gasteiger partial charge on any atom is -0.394 e. The number of ether oxygens (including phenoxy) is 1. The third-order valence-electron chi connectivity index (χ3n) is 15.9. The Kier molecular flexibility index (Phi) is 23.8. The topological polar surface area (TPSA) is 463 Å². The van der Waals surface area contributed by atoms with Crippen molar-refractivity contribution in [2.24, 2.45) is 5.73 Å². The number of nitrogens with two attached hydrogens (primary N) is 1. The van der Waals surface area contributed by atoms with Gasteiger partial charge in [0.15, 0.2) is 5.96 Å². The van der Waals surface area contributed by atoms with Gasteiger partial charge in [0.2, 0.25) is 59.1 Å². The van der Waals surface area contributed by atoms with Crippen LogP contribution in [0.3, 0.4) is 0 Å². The van der Waals surface area contributed by atoms with Gasteiger partial charge < -0.3 is 93.6 Å². The molecule has 31 heteroatoms. The molecule has 2 aromatic carbocycles. The second-order valence-electron chi connectivity index (χ2n) is 23.9. The molecular formula is C62H83N19O12. The first-order valence-corrected chi connectivity index (χ1v) is 31.0. The van der Waals surface area contributed by atoms with E-state index in [9.17, 15) is 53.1 Å². The number of nitrogens with zero attached hydrogens (tertiary/aromatic N) is 3. The summed E-state index contributed by atoms with van der Waals surface area (Å²) in [5.41, 5.74) is 7.92.